The van der Waals surface area contributed by atoms with Gasteiger partial charge in [-0.2, -0.15) is 0 Å². The van der Waals surface area contributed by atoms with E-state index >= 15 is 0 Å². The molecule has 0 aliphatic heterocycles. The highest BCUT2D eigenvalue weighted by Gasteiger charge is 1.93. The van der Waals surface area contributed by atoms with Gasteiger partial charge in [0.1, 0.15) is 6.21 Å². The third-order valence-electron chi connectivity index (χ3n) is 0.779. The second-order valence-electron chi connectivity index (χ2n) is 1.39. The first-order valence-corrected chi connectivity index (χ1v) is 2.63. The Morgan fingerprint density at radius 3 is 2.89 bits per heavy atom. The molecule has 0 atom stereocenters. The number of rotatable bonds is 1. The van der Waals surface area contributed by atoms with Gasteiger partial charge in [0.2, 0.25) is 0 Å². The molecular formula is C5H4ClNO2. The Hall–Kier alpha value is -0.960. The van der Waals surface area contributed by atoms with Gasteiger partial charge in [-0.3, -0.25) is 0 Å². The minimum atomic E-state index is 0.282. The summed E-state index contributed by atoms with van der Waals surface area (Å²) in [6, 6.07) is 3.17. The number of nitrogens with zero attached hydrogens (tertiary/aromatic N) is 1. The standard InChI is InChI=1S/C5H4ClNO2/c6-5-2-1-4(9-5)3-7-8/h1-3,8H/b7-3+. The van der Waals surface area contributed by atoms with E-state index in [9.17, 15) is 0 Å². The van der Waals surface area contributed by atoms with Gasteiger partial charge >= 0.3 is 0 Å². The number of oxime groups is 1. The van der Waals surface area contributed by atoms with Crippen LogP contribution in [0.5, 0.6) is 0 Å². The molecule has 0 bridgehead atoms. The summed E-state index contributed by atoms with van der Waals surface area (Å²) < 4.78 is 4.78. The maximum absolute atomic E-state index is 8.00. The Balaban J connectivity index is 2.85. The molecule has 1 aromatic rings. The summed E-state index contributed by atoms with van der Waals surface area (Å²) in [5.74, 6) is 0.433. The van der Waals surface area contributed by atoms with Crippen LogP contribution in [-0.2, 0) is 0 Å². The van der Waals surface area contributed by atoms with Crippen molar-refractivity contribution in [1.82, 2.24) is 0 Å². The number of hydrogen-bond donors (Lipinski definition) is 1. The number of halogens is 1. The van der Waals surface area contributed by atoms with Crippen molar-refractivity contribution in [3.8, 4) is 0 Å². The van der Waals surface area contributed by atoms with Crippen LogP contribution in [0.1, 0.15) is 5.76 Å². The van der Waals surface area contributed by atoms with E-state index in [-0.39, 0.29) is 5.22 Å². The molecule has 0 unspecified atom stereocenters. The van der Waals surface area contributed by atoms with Gasteiger partial charge in [-0.05, 0) is 23.7 Å². The van der Waals surface area contributed by atoms with Crippen LogP contribution >= 0.6 is 11.6 Å². The van der Waals surface area contributed by atoms with E-state index in [0.717, 1.165) is 6.21 Å². The predicted molar refractivity (Wildman–Crippen MR) is 33.1 cm³/mol. The molecule has 0 aliphatic rings. The van der Waals surface area contributed by atoms with Crippen molar-refractivity contribution in [3.63, 3.8) is 0 Å². The third-order valence-corrected chi connectivity index (χ3v) is 0.982. The van der Waals surface area contributed by atoms with E-state index in [0.29, 0.717) is 5.76 Å². The molecule has 0 radical (unpaired) electrons. The monoisotopic (exact) mass is 145 g/mol. The molecular weight excluding hydrogens is 142 g/mol. The summed E-state index contributed by atoms with van der Waals surface area (Å²) in [6.07, 6.45) is 1.16. The Bertz CT molecular complexity index is 218. The first kappa shape index (κ1) is 6.16. The molecule has 1 N–H and O–H groups in total. The highest BCUT2D eigenvalue weighted by atomic mass is 35.5. The summed E-state index contributed by atoms with van der Waals surface area (Å²) in [4.78, 5) is 0. The van der Waals surface area contributed by atoms with E-state index in [4.69, 9.17) is 21.2 Å². The van der Waals surface area contributed by atoms with Crippen LogP contribution in [0.3, 0.4) is 0 Å². The molecule has 0 spiro atoms. The van der Waals surface area contributed by atoms with Gasteiger partial charge in [-0.1, -0.05) is 5.16 Å². The molecule has 0 saturated heterocycles. The van der Waals surface area contributed by atoms with Gasteiger partial charge in [-0.25, -0.2) is 0 Å². The first-order valence-electron chi connectivity index (χ1n) is 2.25. The average molecular weight is 146 g/mol. The van der Waals surface area contributed by atoms with E-state index in [1.165, 1.54) is 0 Å². The molecule has 1 heterocycles. The normalized spacial score (nSPS) is 10.8. The molecule has 1 aromatic heterocycles. The van der Waals surface area contributed by atoms with Crippen molar-refractivity contribution in [2.45, 2.75) is 0 Å². The topological polar surface area (TPSA) is 45.7 Å². The van der Waals surface area contributed by atoms with Gasteiger partial charge < -0.3 is 9.62 Å². The molecule has 48 valence electrons. The first-order chi connectivity index (χ1) is 4.33. The fourth-order valence-electron chi connectivity index (χ4n) is 0.455. The number of furan rings is 1. The lowest BCUT2D eigenvalue weighted by Crippen LogP contribution is -1.70. The van der Waals surface area contributed by atoms with Crippen molar-refractivity contribution in [3.05, 3.63) is 23.1 Å². The van der Waals surface area contributed by atoms with Gasteiger partial charge in [0.05, 0.1) is 0 Å². The van der Waals surface area contributed by atoms with E-state index in [1.807, 2.05) is 0 Å². The maximum atomic E-state index is 8.00. The van der Waals surface area contributed by atoms with Gasteiger partial charge in [0.15, 0.2) is 11.0 Å². The van der Waals surface area contributed by atoms with Crippen molar-refractivity contribution >= 4 is 17.8 Å². The summed E-state index contributed by atoms with van der Waals surface area (Å²) in [5.41, 5.74) is 0. The fourth-order valence-corrected chi connectivity index (χ4v) is 0.607. The van der Waals surface area contributed by atoms with Crippen LogP contribution in [-0.4, -0.2) is 11.4 Å². The lowest BCUT2D eigenvalue weighted by molar-refractivity contribution is 0.320. The Morgan fingerprint density at radius 1 is 1.67 bits per heavy atom. The van der Waals surface area contributed by atoms with E-state index in [2.05, 4.69) is 5.16 Å². The zero-order chi connectivity index (χ0) is 6.69. The minimum Gasteiger partial charge on any atom is -0.444 e. The highest BCUT2D eigenvalue weighted by Crippen LogP contribution is 2.10. The Morgan fingerprint density at radius 2 is 2.44 bits per heavy atom. The summed E-state index contributed by atoms with van der Waals surface area (Å²) in [6.45, 7) is 0. The van der Waals surface area contributed by atoms with Crippen LogP contribution in [0.15, 0.2) is 21.7 Å². The molecule has 0 aromatic carbocycles. The molecule has 4 heteroatoms. The molecule has 0 aliphatic carbocycles. The van der Waals surface area contributed by atoms with Crippen molar-refractivity contribution < 1.29 is 9.62 Å². The second-order valence-corrected chi connectivity index (χ2v) is 1.76. The maximum Gasteiger partial charge on any atom is 0.193 e. The fraction of sp³-hybridized carbons (Fsp3) is 0. The molecule has 0 fully saturated rings. The molecule has 0 saturated carbocycles. The molecule has 1 rings (SSSR count). The van der Waals surface area contributed by atoms with Crippen LogP contribution < -0.4 is 0 Å². The second kappa shape index (κ2) is 2.55. The van der Waals surface area contributed by atoms with Crippen LogP contribution in [0.4, 0.5) is 0 Å². The van der Waals surface area contributed by atoms with Crippen LogP contribution in [0, 0.1) is 0 Å². The summed E-state index contributed by atoms with van der Waals surface area (Å²) >= 11 is 5.39. The Labute approximate surface area is 56.5 Å². The predicted octanol–water partition coefficient (Wildman–Crippen LogP) is 1.74. The van der Waals surface area contributed by atoms with Gasteiger partial charge in [0.25, 0.3) is 0 Å². The molecule has 0 amide bonds. The zero-order valence-corrected chi connectivity index (χ0v) is 5.17. The highest BCUT2D eigenvalue weighted by molar-refractivity contribution is 6.28. The minimum absolute atomic E-state index is 0.282. The van der Waals surface area contributed by atoms with Crippen molar-refractivity contribution in [1.29, 1.82) is 0 Å². The van der Waals surface area contributed by atoms with Gasteiger partial charge in [0, 0.05) is 0 Å². The van der Waals surface area contributed by atoms with E-state index < -0.39 is 0 Å². The Kier molecular flexibility index (Phi) is 1.75. The lowest BCUT2D eigenvalue weighted by atomic mass is 10.5. The quantitative estimate of drug-likeness (QED) is 0.372. The summed E-state index contributed by atoms with van der Waals surface area (Å²) in [7, 11) is 0. The lowest BCUT2D eigenvalue weighted by Gasteiger charge is -1.77. The SMILES string of the molecule is O/N=C/c1ccc(Cl)o1. The molecule has 3 nitrogen and oxygen atoms in total. The van der Waals surface area contributed by atoms with Crippen molar-refractivity contribution in [2.75, 3.05) is 0 Å². The largest absolute Gasteiger partial charge is 0.444 e. The van der Waals surface area contributed by atoms with E-state index in [1.54, 1.807) is 12.1 Å². The van der Waals surface area contributed by atoms with Crippen LogP contribution in [0.2, 0.25) is 5.22 Å². The van der Waals surface area contributed by atoms with Gasteiger partial charge in [-0.15, -0.1) is 0 Å². The number of hydrogen-bond acceptors (Lipinski definition) is 3. The zero-order valence-electron chi connectivity index (χ0n) is 4.41. The van der Waals surface area contributed by atoms with Crippen LogP contribution in [0.25, 0.3) is 0 Å². The average Bonchev–Trinajstić information content (AvgIpc) is 2.17. The van der Waals surface area contributed by atoms with Crippen molar-refractivity contribution in [2.24, 2.45) is 5.16 Å². The smallest absolute Gasteiger partial charge is 0.193 e. The summed E-state index contributed by atoms with van der Waals surface area (Å²) in [5, 5.41) is 11.0. The third kappa shape index (κ3) is 1.47. The molecule has 9 heavy (non-hydrogen) atoms.